The van der Waals surface area contributed by atoms with E-state index in [4.69, 9.17) is 4.74 Å². The summed E-state index contributed by atoms with van der Waals surface area (Å²) in [5.74, 6) is -1.00. The molecule has 0 bridgehead atoms. The first kappa shape index (κ1) is 25.4. The van der Waals surface area contributed by atoms with Crippen molar-refractivity contribution in [3.05, 3.63) is 46.7 Å². The summed E-state index contributed by atoms with van der Waals surface area (Å²) >= 11 is 1.37. The Balaban J connectivity index is 1.41. The Morgan fingerprint density at radius 3 is 2.51 bits per heavy atom. The van der Waals surface area contributed by atoms with Gasteiger partial charge in [0.05, 0.1) is 17.9 Å². The fraction of sp³-hybridized carbons (Fsp3) is 0.519. The van der Waals surface area contributed by atoms with E-state index in [2.05, 4.69) is 31.4 Å². The monoisotopic (exact) mass is 497 g/mol. The van der Waals surface area contributed by atoms with E-state index in [1.54, 1.807) is 4.90 Å². The molecule has 7 nitrogen and oxygen atoms in total. The molecular formula is C27H35N3O4S. The lowest BCUT2D eigenvalue weighted by atomic mass is 9.80. The third-order valence-corrected chi connectivity index (χ3v) is 7.76. The van der Waals surface area contributed by atoms with Crippen molar-refractivity contribution in [1.82, 2.24) is 15.5 Å². The molecule has 35 heavy (non-hydrogen) atoms. The average molecular weight is 498 g/mol. The van der Waals surface area contributed by atoms with Gasteiger partial charge in [0.15, 0.2) is 0 Å². The van der Waals surface area contributed by atoms with E-state index in [1.807, 2.05) is 41.8 Å². The SMILES string of the molecule is COC(=O)[C@@H]1C[C@H](NC(C)(C)C)CC[C@@H]1N1CCC(NC(=O)c2cc(-c3ccccc3)cs2)C1=O. The zero-order valence-corrected chi connectivity index (χ0v) is 21.7. The van der Waals surface area contributed by atoms with Gasteiger partial charge in [0.1, 0.15) is 6.04 Å². The molecule has 2 fully saturated rings. The second kappa shape index (κ2) is 10.5. The van der Waals surface area contributed by atoms with Gasteiger partial charge in [-0.25, -0.2) is 0 Å². The maximum Gasteiger partial charge on any atom is 0.310 e. The minimum Gasteiger partial charge on any atom is -0.469 e. The van der Waals surface area contributed by atoms with Crippen LogP contribution in [-0.4, -0.2) is 60.0 Å². The minimum absolute atomic E-state index is 0.0564. The lowest BCUT2D eigenvalue weighted by Crippen LogP contribution is -2.55. The number of hydrogen-bond acceptors (Lipinski definition) is 6. The number of carbonyl (C=O) groups excluding carboxylic acids is 3. The first-order valence-corrected chi connectivity index (χ1v) is 13.1. The number of nitrogens with zero attached hydrogens (tertiary/aromatic N) is 1. The predicted molar refractivity (Wildman–Crippen MR) is 137 cm³/mol. The number of hydrogen-bond donors (Lipinski definition) is 2. The molecule has 2 N–H and O–H groups in total. The molecule has 4 rings (SSSR count). The molecule has 1 aliphatic heterocycles. The van der Waals surface area contributed by atoms with E-state index in [0.717, 1.165) is 24.0 Å². The first-order chi connectivity index (χ1) is 16.7. The van der Waals surface area contributed by atoms with Gasteiger partial charge in [-0.2, -0.15) is 0 Å². The van der Waals surface area contributed by atoms with E-state index in [1.165, 1.54) is 18.4 Å². The lowest BCUT2D eigenvalue weighted by Gasteiger charge is -2.41. The molecule has 2 amide bonds. The molecule has 0 radical (unpaired) electrons. The quantitative estimate of drug-likeness (QED) is 0.592. The number of thiophene rings is 1. The summed E-state index contributed by atoms with van der Waals surface area (Å²) in [6.07, 6.45) is 2.78. The lowest BCUT2D eigenvalue weighted by molar-refractivity contribution is -0.151. The molecule has 0 spiro atoms. The van der Waals surface area contributed by atoms with E-state index in [-0.39, 0.29) is 41.3 Å². The van der Waals surface area contributed by atoms with Crippen LogP contribution in [0.4, 0.5) is 0 Å². The normalized spacial score (nSPS) is 24.9. The third kappa shape index (κ3) is 5.93. The van der Waals surface area contributed by atoms with Gasteiger partial charge in [0, 0.05) is 24.2 Å². The molecule has 1 aromatic heterocycles. The number of amides is 2. The predicted octanol–water partition coefficient (Wildman–Crippen LogP) is 3.84. The molecule has 2 aromatic rings. The number of ether oxygens (including phenoxy) is 1. The van der Waals surface area contributed by atoms with Crippen molar-refractivity contribution < 1.29 is 19.1 Å². The van der Waals surface area contributed by atoms with E-state index in [9.17, 15) is 14.4 Å². The smallest absolute Gasteiger partial charge is 0.310 e. The Kier molecular flexibility index (Phi) is 7.62. The first-order valence-electron chi connectivity index (χ1n) is 12.3. The summed E-state index contributed by atoms with van der Waals surface area (Å²) in [6, 6.07) is 11.2. The van der Waals surface area contributed by atoms with Gasteiger partial charge < -0.3 is 20.3 Å². The van der Waals surface area contributed by atoms with Crippen LogP contribution in [0.25, 0.3) is 11.1 Å². The van der Waals surface area contributed by atoms with Crippen molar-refractivity contribution in [3.63, 3.8) is 0 Å². The number of carbonyl (C=O) groups is 3. The Labute approximate surface area is 211 Å². The number of likely N-dealkylation sites (tertiary alicyclic amines) is 1. The highest BCUT2D eigenvalue weighted by Crippen LogP contribution is 2.33. The van der Waals surface area contributed by atoms with Crippen LogP contribution in [0.15, 0.2) is 41.8 Å². The van der Waals surface area contributed by atoms with Crippen LogP contribution in [-0.2, 0) is 14.3 Å². The van der Waals surface area contributed by atoms with Gasteiger partial charge in [-0.05, 0) is 69.0 Å². The molecule has 1 aromatic carbocycles. The number of esters is 1. The number of rotatable bonds is 6. The van der Waals surface area contributed by atoms with Gasteiger partial charge in [0.25, 0.3) is 5.91 Å². The molecule has 188 valence electrons. The Hall–Kier alpha value is -2.71. The third-order valence-electron chi connectivity index (χ3n) is 6.83. The molecule has 8 heteroatoms. The number of nitrogens with one attached hydrogen (secondary N) is 2. The van der Waals surface area contributed by atoms with Crippen LogP contribution in [0.2, 0.25) is 0 Å². The average Bonchev–Trinajstić information content (AvgIpc) is 3.46. The summed E-state index contributed by atoms with van der Waals surface area (Å²) < 4.78 is 5.11. The van der Waals surface area contributed by atoms with E-state index < -0.39 is 6.04 Å². The molecule has 1 unspecified atom stereocenters. The zero-order chi connectivity index (χ0) is 25.2. The van der Waals surface area contributed by atoms with E-state index in [0.29, 0.717) is 24.3 Å². The van der Waals surface area contributed by atoms with Crippen LogP contribution in [0, 0.1) is 5.92 Å². The Bertz CT molecular complexity index is 1060. The molecule has 1 saturated carbocycles. The van der Waals surface area contributed by atoms with Crippen LogP contribution in [0.5, 0.6) is 0 Å². The van der Waals surface area contributed by atoms with Gasteiger partial charge in [-0.1, -0.05) is 30.3 Å². The second-order valence-electron chi connectivity index (χ2n) is 10.5. The Morgan fingerprint density at radius 2 is 1.83 bits per heavy atom. The highest BCUT2D eigenvalue weighted by molar-refractivity contribution is 7.12. The molecule has 1 saturated heterocycles. The summed E-state index contributed by atoms with van der Waals surface area (Å²) in [5.41, 5.74) is 1.98. The van der Waals surface area contributed by atoms with Gasteiger partial charge in [-0.15, -0.1) is 11.3 Å². The van der Waals surface area contributed by atoms with Crippen LogP contribution >= 0.6 is 11.3 Å². The minimum atomic E-state index is -0.575. The number of benzene rings is 1. The summed E-state index contributed by atoms with van der Waals surface area (Å²) in [5, 5.41) is 8.47. The molecule has 2 heterocycles. The summed E-state index contributed by atoms with van der Waals surface area (Å²) in [7, 11) is 1.40. The van der Waals surface area contributed by atoms with Crippen molar-refractivity contribution in [3.8, 4) is 11.1 Å². The largest absolute Gasteiger partial charge is 0.469 e. The van der Waals surface area contributed by atoms with Crippen molar-refractivity contribution in [2.75, 3.05) is 13.7 Å². The summed E-state index contributed by atoms with van der Waals surface area (Å²) in [6.45, 7) is 6.86. The van der Waals surface area contributed by atoms with Gasteiger partial charge in [0.2, 0.25) is 5.91 Å². The topological polar surface area (TPSA) is 87.7 Å². The second-order valence-corrected chi connectivity index (χ2v) is 11.4. The maximum absolute atomic E-state index is 13.3. The van der Waals surface area contributed by atoms with Crippen LogP contribution < -0.4 is 10.6 Å². The molecule has 1 aliphatic carbocycles. The maximum atomic E-state index is 13.3. The summed E-state index contributed by atoms with van der Waals surface area (Å²) in [4.78, 5) is 41.3. The fourth-order valence-corrected chi connectivity index (χ4v) is 6.13. The van der Waals surface area contributed by atoms with Gasteiger partial charge >= 0.3 is 5.97 Å². The highest BCUT2D eigenvalue weighted by Gasteiger charge is 2.45. The number of methoxy groups -OCH3 is 1. The van der Waals surface area contributed by atoms with Crippen LogP contribution in [0.1, 0.15) is 56.1 Å². The zero-order valence-electron chi connectivity index (χ0n) is 20.9. The van der Waals surface area contributed by atoms with Crippen molar-refractivity contribution in [2.45, 2.75) is 70.1 Å². The van der Waals surface area contributed by atoms with Gasteiger partial charge in [-0.3, -0.25) is 14.4 Å². The van der Waals surface area contributed by atoms with Crippen LogP contribution in [0.3, 0.4) is 0 Å². The van der Waals surface area contributed by atoms with Crippen molar-refractivity contribution in [2.24, 2.45) is 5.92 Å². The molecular weight excluding hydrogens is 462 g/mol. The highest BCUT2D eigenvalue weighted by atomic mass is 32.1. The standard InChI is InChI=1S/C27H35N3O4S/c1-27(2,3)29-19-10-11-22(20(15-19)26(33)34-4)30-13-12-21(25(30)32)28-24(31)23-14-18(16-35-23)17-8-6-5-7-9-17/h5-9,14,16,19-22,29H,10-13,15H2,1-4H3,(H,28,31)/t19-,20-,21?,22+/m1/s1. The van der Waals surface area contributed by atoms with E-state index >= 15 is 0 Å². The molecule has 2 aliphatic rings. The van der Waals surface area contributed by atoms with Crippen molar-refractivity contribution in [1.29, 1.82) is 0 Å². The fourth-order valence-electron chi connectivity index (χ4n) is 5.31. The Morgan fingerprint density at radius 1 is 1.09 bits per heavy atom. The van der Waals surface area contributed by atoms with Crippen molar-refractivity contribution >= 4 is 29.1 Å². The molecule has 4 atom stereocenters.